The first-order valence-corrected chi connectivity index (χ1v) is 10.3. The Morgan fingerprint density at radius 2 is 1.90 bits per heavy atom. The van der Waals surface area contributed by atoms with E-state index in [1.807, 2.05) is 55.5 Å². The van der Waals surface area contributed by atoms with Crippen LogP contribution in [0.15, 0.2) is 60.9 Å². The Balaban J connectivity index is 1.30. The summed E-state index contributed by atoms with van der Waals surface area (Å²) in [6, 6.07) is 15.3. The van der Waals surface area contributed by atoms with Crippen LogP contribution in [0, 0.1) is 5.92 Å². The minimum absolute atomic E-state index is 0.00422. The molecule has 0 atom stereocenters. The molecule has 0 radical (unpaired) electrons. The van der Waals surface area contributed by atoms with Gasteiger partial charge in [-0.1, -0.05) is 0 Å². The maximum absolute atomic E-state index is 12.6. The van der Waals surface area contributed by atoms with Gasteiger partial charge in [0.2, 0.25) is 5.91 Å². The van der Waals surface area contributed by atoms with Gasteiger partial charge in [0.25, 0.3) is 0 Å². The molecule has 0 unspecified atom stereocenters. The van der Waals surface area contributed by atoms with Crippen LogP contribution >= 0.6 is 0 Å². The Morgan fingerprint density at radius 1 is 1.10 bits per heavy atom. The quantitative estimate of drug-likeness (QED) is 0.674. The number of hydrogen-bond donors (Lipinski definition) is 1. The molecule has 1 amide bonds. The van der Waals surface area contributed by atoms with Crippen molar-refractivity contribution in [2.45, 2.75) is 19.8 Å². The molecule has 1 aromatic carbocycles. The zero-order valence-corrected chi connectivity index (χ0v) is 17.0. The van der Waals surface area contributed by atoms with Crippen LogP contribution in [0.25, 0.3) is 11.3 Å². The molecule has 7 heteroatoms. The molecule has 30 heavy (non-hydrogen) atoms. The number of aromatic nitrogens is 3. The van der Waals surface area contributed by atoms with Crippen LogP contribution in [-0.2, 0) is 4.79 Å². The van der Waals surface area contributed by atoms with E-state index in [1.165, 1.54) is 0 Å². The predicted molar refractivity (Wildman–Crippen MR) is 116 cm³/mol. The second kappa shape index (κ2) is 9.35. The fraction of sp³-hybridized carbons (Fsp3) is 0.304. The van der Waals surface area contributed by atoms with E-state index < -0.39 is 0 Å². The van der Waals surface area contributed by atoms with E-state index in [4.69, 9.17) is 4.74 Å². The molecule has 1 N–H and O–H groups in total. The standard InChI is InChI=1S/C23H25N5O2/c1-2-30-20-7-5-19(6-8-20)25-23(29)17-11-14-28(15-12-17)22-10-9-21(26-27-22)18-4-3-13-24-16-18/h3-10,13,16-17H,2,11-12,14-15H2,1H3,(H,25,29). The number of anilines is 2. The van der Waals surface area contributed by atoms with Crippen LogP contribution in [0.2, 0.25) is 0 Å². The third-order valence-electron chi connectivity index (χ3n) is 5.23. The summed E-state index contributed by atoms with van der Waals surface area (Å²) in [5.41, 5.74) is 2.54. The molecule has 1 aliphatic heterocycles. The van der Waals surface area contributed by atoms with Gasteiger partial charge in [-0.3, -0.25) is 9.78 Å². The molecule has 0 aliphatic carbocycles. The minimum Gasteiger partial charge on any atom is -0.494 e. The molecule has 0 spiro atoms. The monoisotopic (exact) mass is 403 g/mol. The first-order valence-electron chi connectivity index (χ1n) is 10.3. The number of benzene rings is 1. The molecule has 154 valence electrons. The van der Waals surface area contributed by atoms with Crippen molar-refractivity contribution in [2.24, 2.45) is 5.92 Å². The lowest BCUT2D eigenvalue weighted by molar-refractivity contribution is -0.120. The van der Waals surface area contributed by atoms with Crippen molar-refractivity contribution in [2.75, 3.05) is 29.9 Å². The number of pyridine rings is 1. The van der Waals surface area contributed by atoms with Gasteiger partial charge in [0.05, 0.1) is 12.3 Å². The third-order valence-corrected chi connectivity index (χ3v) is 5.23. The fourth-order valence-corrected chi connectivity index (χ4v) is 3.58. The lowest BCUT2D eigenvalue weighted by atomic mass is 9.96. The van der Waals surface area contributed by atoms with E-state index >= 15 is 0 Å². The summed E-state index contributed by atoms with van der Waals surface area (Å²) >= 11 is 0. The molecule has 1 aliphatic rings. The van der Waals surface area contributed by atoms with Gasteiger partial charge in [-0.05, 0) is 68.3 Å². The Labute approximate surface area is 176 Å². The summed E-state index contributed by atoms with van der Waals surface area (Å²) in [4.78, 5) is 18.9. The number of hydrogen-bond acceptors (Lipinski definition) is 6. The molecule has 4 rings (SSSR count). The summed E-state index contributed by atoms with van der Waals surface area (Å²) in [6.45, 7) is 4.13. The zero-order chi connectivity index (χ0) is 20.8. The van der Waals surface area contributed by atoms with Gasteiger partial charge in [-0.15, -0.1) is 10.2 Å². The largest absolute Gasteiger partial charge is 0.494 e. The van der Waals surface area contributed by atoms with Crippen molar-refractivity contribution >= 4 is 17.4 Å². The van der Waals surface area contributed by atoms with Crippen LogP contribution in [0.1, 0.15) is 19.8 Å². The number of carbonyl (C=O) groups excluding carboxylic acids is 1. The van der Waals surface area contributed by atoms with Gasteiger partial charge in [0, 0.05) is 42.7 Å². The number of rotatable bonds is 6. The highest BCUT2D eigenvalue weighted by Crippen LogP contribution is 2.24. The molecular formula is C23H25N5O2. The first-order chi connectivity index (χ1) is 14.7. The predicted octanol–water partition coefficient (Wildman–Crippen LogP) is 3.79. The maximum atomic E-state index is 12.6. The van der Waals surface area contributed by atoms with Crippen LogP contribution in [0.4, 0.5) is 11.5 Å². The maximum Gasteiger partial charge on any atom is 0.227 e. The normalized spacial score (nSPS) is 14.4. The van der Waals surface area contributed by atoms with Crippen molar-refractivity contribution in [1.82, 2.24) is 15.2 Å². The summed E-state index contributed by atoms with van der Waals surface area (Å²) in [5.74, 6) is 1.71. The second-order valence-corrected chi connectivity index (χ2v) is 7.23. The van der Waals surface area contributed by atoms with Crippen molar-refractivity contribution in [1.29, 1.82) is 0 Å². The summed E-state index contributed by atoms with van der Waals surface area (Å²) < 4.78 is 5.44. The van der Waals surface area contributed by atoms with Gasteiger partial charge in [-0.25, -0.2) is 0 Å². The molecule has 2 aromatic heterocycles. The Hall–Kier alpha value is -3.48. The van der Waals surface area contributed by atoms with E-state index in [-0.39, 0.29) is 11.8 Å². The van der Waals surface area contributed by atoms with Crippen LogP contribution in [0.5, 0.6) is 5.75 Å². The van der Waals surface area contributed by atoms with Crippen molar-refractivity contribution in [3.63, 3.8) is 0 Å². The molecule has 1 saturated heterocycles. The van der Waals surface area contributed by atoms with Gasteiger partial charge in [0.1, 0.15) is 5.75 Å². The van der Waals surface area contributed by atoms with Gasteiger partial charge in [-0.2, -0.15) is 0 Å². The van der Waals surface area contributed by atoms with Crippen LogP contribution in [0.3, 0.4) is 0 Å². The van der Waals surface area contributed by atoms with Crippen molar-refractivity contribution in [3.8, 4) is 17.0 Å². The number of nitrogens with zero attached hydrogens (tertiary/aromatic N) is 4. The highest BCUT2D eigenvalue weighted by Gasteiger charge is 2.26. The van der Waals surface area contributed by atoms with Crippen molar-refractivity contribution < 1.29 is 9.53 Å². The average molecular weight is 403 g/mol. The lowest BCUT2D eigenvalue weighted by Gasteiger charge is -2.31. The molecule has 1 fully saturated rings. The molecule has 3 aromatic rings. The topological polar surface area (TPSA) is 80.2 Å². The number of carbonyl (C=O) groups is 1. The highest BCUT2D eigenvalue weighted by atomic mass is 16.5. The van der Waals surface area contributed by atoms with Crippen LogP contribution < -0.4 is 15.0 Å². The molecular weight excluding hydrogens is 378 g/mol. The Kier molecular flexibility index (Phi) is 6.17. The summed E-state index contributed by atoms with van der Waals surface area (Å²) in [7, 11) is 0. The number of nitrogens with one attached hydrogen (secondary N) is 1. The van der Waals surface area contributed by atoms with Gasteiger partial charge < -0.3 is 15.0 Å². The van der Waals surface area contributed by atoms with E-state index in [0.717, 1.165) is 54.4 Å². The molecule has 0 saturated carbocycles. The van der Waals surface area contributed by atoms with Gasteiger partial charge in [0.15, 0.2) is 5.82 Å². The van der Waals surface area contributed by atoms with E-state index in [0.29, 0.717) is 6.61 Å². The summed E-state index contributed by atoms with van der Waals surface area (Å²) in [5, 5.41) is 11.7. The van der Waals surface area contributed by atoms with Crippen molar-refractivity contribution in [3.05, 3.63) is 60.9 Å². The Bertz CT molecular complexity index is 953. The zero-order valence-electron chi connectivity index (χ0n) is 17.0. The lowest BCUT2D eigenvalue weighted by Crippen LogP contribution is -2.38. The SMILES string of the molecule is CCOc1ccc(NC(=O)C2CCN(c3ccc(-c4cccnc4)nn3)CC2)cc1. The molecule has 7 nitrogen and oxygen atoms in total. The number of amides is 1. The smallest absolute Gasteiger partial charge is 0.227 e. The Morgan fingerprint density at radius 3 is 2.53 bits per heavy atom. The third kappa shape index (κ3) is 4.74. The van der Waals surface area contributed by atoms with E-state index in [1.54, 1.807) is 12.4 Å². The van der Waals surface area contributed by atoms with E-state index in [9.17, 15) is 4.79 Å². The highest BCUT2D eigenvalue weighted by molar-refractivity contribution is 5.92. The van der Waals surface area contributed by atoms with E-state index in [2.05, 4.69) is 25.4 Å². The number of piperidine rings is 1. The molecule has 3 heterocycles. The fourth-order valence-electron chi connectivity index (χ4n) is 3.58. The molecule has 0 bridgehead atoms. The first kappa shape index (κ1) is 19.8. The second-order valence-electron chi connectivity index (χ2n) is 7.23. The minimum atomic E-state index is -0.00422. The average Bonchev–Trinajstić information content (AvgIpc) is 2.81. The van der Waals surface area contributed by atoms with Crippen LogP contribution in [-0.4, -0.2) is 40.8 Å². The number of ether oxygens (including phenoxy) is 1. The summed E-state index contributed by atoms with van der Waals surface area (Å²) in [6.07, 6.45) is 5.09. The van der Waals surface area contributed by atoms with Gasteiger partial charge >= 0.3 is 0 Å².